The third-order valence-electron chi connectivity index (χ3n) is 18.2. The van der Waals surface area contributed by atoms with Gasteiger partial charge in [-0.3, -0.25) is 47.9 Å². The maximum Gasteiger partial charge on any atom is 0.291 e. The lowest BCUT2D eigenvalue weighted by atomic mass is 9.93. The smallest absolute Gasteiger partial charge is 0.291 e. The van der Waals surface area contributed by atoms with E-state index in [0.29, 0.717) is 75.0 Å². The molecule has 7 aromatic heterocycles. The van der Waals surface area contributed by atoms with Crippen LogP contribution in [0.5, 0.6) is 17.2 Å². The Morgan fingerprint density at radius 2 is 1.03 bits per heavy atom. The Morgan fingerprint density at radius 3 is 1.59 bits per heavy atom. The molecule has 0 saturated heterocycles. The lowest BCUT2D eigenvalue weighted by molar-refractivity contribution is -0.121. The number of hydrogen-bond donors (Lipinski definition) is 11. The molecule has 10 aromatic rings. The Bertz CT molecular complexity index is 5160. The van der Waals surface area contributed by atoms with E-state index in [9.17, 15) is 57.4 Å². The number of aryl methyl sites for hydroxylation is 8. The average molecular weight is 1520 g/mol. The van der Waals surface area contributed by atoms with E-state index >= 15 is 0 Å². The SMILES string of the molecule is Cc1cc(F)cc(C)c1Oc1ccc(C(C)(C)O)cc1-c1cn(C)c(=O)c2[nH]c(C(=O)Nc3ccc(OCCCCCCCCCCNC(=O)CCNC(=O)c4nc(NC(=O)CCNC(=O)c5cc(NC(=O)c6nc(NC(=O)CCNC(=O)c7cc(NC(=O)c8nccn8C)cn7C)cn6C)cn5C)cn4C)cc3)cc12. The molecule has 0 radical (unpaired) electrons. The second-order valence-electron chi connectivity index (χ2n) is 27.6. The number of pyridine rings is 1. The molecule has 0 aliphatic heterocycles. The number of hydrogen-bond acceptors (Lipinski definition) is 16. The summed E-state index contributed by atoms with van der Waals surface area (Å²) >= 11 is 0. The first-order chi connectivity index (χ1) is 53.0. The average Bonchev–Trinajstić information content (AvgIpc) is 1.69. The summed E-state index contributed by atoms with van der Waals surface area (Å²) in [5.41, 5.74) is 3.24. The molecule has 111 heavy (non-hydrogen) atoms. The highest BCUT2D eigenvalue weighted by Gasteiger charge is 2.26. The van der Waals surface area contributed by atoms with Crippen molar-refractivity contribution in [1.82, 2.24) is 68.6 Å². The molecule has 0 unspecified atom stereocenters. The Kier molecular flexibility index (Phi) is 26.4. The van der Waals surface area contributed by atoms with Gasteiger partial charge in [0.2, 0.25) is 29.4 Å². The van der Waals surface area contributed by atoms with E-state index in [1.165, 1.54) is 71.9 Å². The van der Waals surface area contributed by atoms with Gasteiger partial charge in [-0.15, -0.1) is 0 Å². The Balaban J connectivity index is 0.551. The molecule has 0 aliphatic rings. The van der Waals surface area contributed by atoms with Crippen LogP contribution in [0.3, 0.4) is 0 Å². The van der Waals surface area contributed by atoms with E-state index in [4.69, 9.17) is 9.47 Å². The number of unbranched alkanes of at least 4 members (excludes halogenated alkanes) is 7. The highest BCUT2D eigenvalue weighted by molar-refractivity contribution is 6.09. The first kappa shape index (κ1) is 80.6. The molecule has 11 N–H and O–H groups in total. The van der Waals surface area contributed by atoms with Gasteiger partial charge in [0.1, 0.15) is 45.7 Å². The molecule has 3 aromatic carbocycles. The summed E-state index contributed by atoms with van der Waals surface area (Å²) in [6, 6.07) is 19.6. The van der Waals surface area contributed by atoms with Gasteiger partial charge in [-0.25, -0.2) is 19.3 Å². The molecule has 33 heteroatoms. The van der Waals surface area contributed by atoms with E-state index < -0.39 is 52.9 Å². The molecule has 32 nitrogen and oxygen atoms in total. The Hall–Kier alpha value is -12.9. The van der Waals surface area contributed by atoms with Gasteiger partial charge in [0, 0.05) is 153 Å². The van der Waals surface area contributed by atoms with Gasteiger partial charge < -0.3 is 94.8 Å². The predicted octanol–water partition coefficient (Wildman–Crippen LogP) is 8.90. The largest absolute Gasteiger partial charge is 0.494 e. The molecule has 584 valence electrons. The fourth-order valence-corrected chi connectivity index (χ4v) is 12.4. The number of aromatic amines is 1. The van der Waals surface area contributed by atoms with Crippen molar-refractivity contribution in [1.29, 1.82) is 0 Å². The third-order valence-corrected chi connectivity index (χ3v) is 18.2. The summed E-state index contributed by atoms with van der Waals surface area (Å²) in [4.78, 5) is 146. The van der Waals surface area contributed by atoms with Crippen LogP contribution in [0.25, 0.3) is 22.0 Å². The van der Waals surface area contributed by atoms with Crippen molar-refractivity contribution in [3.05, 3.63) is 184 Å². The number of benzene rings is 3. The number of rotatable bonds is 36. The number of carbonyl (C=O) groups is 9. The monoisotopic (exact) mass is 1520 g/mol. The minimum Gasteiger partial charge on any atom is -0.494 e. The van der Waals surface area contributed by atoms with Gasteiger partial charge in [0.25, 0.3) is 41.0 Å². The fourth-order valence-electron chi connectivity index (χ4n) is 12.4. The number of anilines is 5. The quantitative estimate of drug-likeness (QED) is 0.0163. The number of imidazole rings is 3. The number of nitrogens with one attached hydrogen (secondary N) is 10. The van der Waals surface area contributed by atoms with Gasteiger partial charge >= 0.3 is 0 Å². The normalized spacial score (nSPS) is 11.3. The highest BCUT2D eigenvalue weighted by atomic mass is 19.1. The summed E-state index contributed by atoms with van der Waals surface area (Å²) in [6.45, 7) is 7.85. The number of aliphatic hydroxyl groups is 1. The van der Waals surface area contributed by atoms with Gasteiger partial charge in [-0.2, -0.15) is 0 Å². The van der Waals surface area contributed by atoms with Crippen molar-refractivity contribution in [3.8, 4) is 28.4 Å². The Morgan fingerprint density at radius 1 is 0.505 bits per heavy atom. The first-order valence-electron chi connectivity index (χ1n) is 36.3. The van der Waals surface area contributed by atoms with Gasteiger partial charge in [-0.1, -0.05) is 44.6 Å². The van der Waals surface area contributed by atoms with Crippen molar-refractivity contribution >= 4 is 92.8 Å². The molecular formula is C78H92FN19O13. The maximum absolute atomic E-state index is 14.3. The molecule has 0 spiro atoms. The topological polar surface area (TPSA) is 402 Å². The lowest BCUT2D eigenvalue weighted by Gasteiger charge is -2.22. The third kappa shape index (κ3) is 21.3. The maximum atomic E-state index is 14.3. The van der Waals surface area contributed by atoms with Crippen LogP contribution in [0.2, 0.25) is 0 Å². The van der Waals surface area contributed by atoms with Crippen LogP contribution in [0.1, 0.15) is 164 Å². The summed E-state index contributed by atoms with van der Waals surface area (Å²) in [7, 11) is 9.67. The van der Waals surface area contributed by atoms with Gasteiger partial charge in [0.05, 0.1) is 23.6 Å². The van der Waals surface area contributed by atoms with Gasteiger partial charge in [0.15, 0.2) is 17.5 Å². The zero-order chi connectivity index (χ0) is 79.8. The first-order valence-corrected chi connectivity index (χ1v) is 36.3. The predicted molar refractivity (Wildman–Crippen MR) is 414 cm³/mol. The van der Waals surface area contributed by atoms with Crippen LogP contribution in [0.4, 0.5) is 33.1 Å². The lowest BCUT2D eigenvalue weighted by Crippen LogP contribution is -2.32. The van der Waals surface area contributed by atoms with Crippen LogP contribution in [-0.2, 0) is 62.3 Å². The van der Waals surface area contributed by atoms with Crippen LogP contribution < -0.4 is 62.9 Å². The van der Waals surface area contributed by atoms with E-state index in [1.54, 1.807) is 142 Å². The second-order valence-corrected chi connectivity index (χ2v) is 27.6. The van der Waals surface area contributed by atoms with Crippen LogP contribution >= 0.6 is 0 Å². The van der Waals surface area contributed by atoms with Crippen LogP contribution in [-0.4, -0.2) is 138 Å². The molecule has 0 atom stereocenters. The van der Waals surface area contributed by atoms with Crippen molar-refractivity contribution in [3.63, 3.8) is 0 Å². The standard InChI is InChI=1S/C78H92FN19O13/c1-46-35-49(79)36-47(2)67(46)111-60-24-19-48(78(3,4)109)37-54(60)56-43-98(10)77(108)66-55(56)40-57(88-66)71(102)85-50-20-22-53(23-21-50)110-34-18-16-14-12-11-13-15-17-28-80-63(99)25-29-84-74(105)69-91-61(44-96(69)8)89-64(100)26-30-83-73(104)59-39-52(42-95(59)7)87-76(107)70-92-62(45-97(70)9)90-65(101)27-31-82-72(103)58-38-51(41-94(58)6)86-75(106)68-81-32-33-93(68)5/h19-24,32-33,35-45,88,109H,11-18,25-31,34H2,1-10H3,(H,80,99)(H,82,103)(H,83,104)(H,84,105)(H,85,102)(H,86,106)(H,87,107)(H,89,100)(H,90,101). The Labute approximate surface area is 638 Å². The number of halogens is 1. The minimum absolute atomic E-state index is 0.00862. The molecule has 9 amide bonds. The van der Waals surface area contributed by atoms with Gasteiger partial charge in [-0.05, 0) is 124 Å². The van der Waals surface area contributed by atoms with Crippen molar-refractivity contribution < 1.29 is 62.1 Å². The van der Waals surface area contributed by atoms with E-state index in [1.807, 2.05) is 0 Å². The fraction of sp³-hybridized carbons (Fsp3) is 0.346. The molecular weight excluding hydrogens is 1430 g/mol. The van der Waals surface area contributed by atoms with Crippen molar-refractivity contribution in [2.24, 2.45) is 42.3 Å². The number of ether oxygens (including phenoxy) is 2. The second kappa shape index (κ2) is 36.3. The summed E-state index contributed by atoms with van der Waals surface area (Å²) in [5, 5.41) is 36.0. The number of fused-ring (bicyclic) bond motifs is 1. The number of carbonyl (C=O) groups excluding carboxylic acids is 9. The van der Waals surface area contributed by atoms with E-state index in [-0.39, 0.29) is 114 Å². The van der Waals surface area contributed by atoms with E-state index in [2.05, 4.69) is 67.8 Å². The molecule has 0 bridgehead atoms. The molecule has 10 rings (SSSR count). The number of aromatic nitrogens is 10. The zero-order valence-electron chi connectivity index (χ0n) is 63.5. The van der Waals surface area contributed by atoms with Crippen LogP contribution in [0, 0.1) is 19.7 Å². The minimum atomic E-state index is -1.22. The molecule has 0 aliphatic carbocycles. The number of nitrogens with zero attached hydrogens (tertiary/aromatic N) is 9. The van der Waals surface area contributed by atoms with Crippen molar-refractivity contribution in [2.45, 2.75) is 104 Å². The molecule has 7 heterocycles. The van der Waals surface area contributed by atoms with E-state index in [0.717, 1.165) is 51.4 Å². The van der Waals surface area contributed by atoms with Crippen molar-refractivity contribution in [2.75, 3.05) is 59.4 Å². The summed E-state index contributed by atoms with van der Waals surface area (Å²) < 4.78 is 35.6. The zero-order valence-corrected chi connectivity index (χ0v) is 63.5. The number of H-pyrrole nitrogens is 1. The molecule has 0 fully saturated rings. The molecule has 0 saturated carbocycles. The summed E-state index contributed by atoms with van der Waals surface area (Å²) in [6.07, 6.45) is 18.4. The highest BCUT2D eigenvalue weighted by Crippen LogP contribution is 2.41. The number of amides is 9. The summed E-state index contributed by atoms with van der Waals surface area (Å²) in [5.74, 6) is -2.80. The van der Waals surface area contributed by atoms with Crippen LogP contribution in [0.15, 0.2) is 121 Å².